The number of aromatic nitrogens is 2. The van der Waals surface area contributed by atoms with E-state index in [9.17, 15) is 19.6 Å². The molecule has 2 unspecified atom stereocenters. The number of carbonyl (C=O) groups excluding carboxylic acids is 3. The number of imidazole rings is 1. The molecule has 158 valence electrons. The Morgan fingerprint density at radius 1 is 1.30 bits per heavy atom. The molecule has 3 atom stereocenters. The highest BCUT2D eigenvalue weighted by atomic mass is 16.2. The van der Waals surface area contributed by atoms with Crippen molar-refractivity contribution in [3.05, 3.63) is 30.1 Å². The second-order valence-electron chi connectivity index (χ2n) is 7.96. The quantitative estimate of drug-likeness (QED) is 0.518. The van der Waals surface area contributed by atoms with E-state index in [2.05, 4.69) is 25.9 Å². The summed E-state index contributed by atoms with van der Waals surface area (Å²) < 4.78 is 0. The second-order valence-corrected chi connectivity index (χ2v) is 7.96. The van der Waals surface area contributed by atoms with E-state index in [0.717, 1.165) is 5.52 Å². The van der Waals surface area contributed by atoms with Crippen molar-refractivity contribution in [2.75, 3.05) is 6.54 Å². The number of aromatic amines is 1. The van der Waals surface area contributed by atoms with E-state index in [1.807, 2.05) is 38.1 Å². The van der Waals surface area contributed by atoms with Crippen LogP contribution in [0.2, 0.25) is 0 Å². The van der Waals surface area contributed by atoms with Gasteiger partial charge in [0.15, 0.2) is 5.82 Å². The van der Waals surface area contributed by atoms with Crippen LogP contribution in [0.1, 0.15) is 43.7 Å². The Morgan fingerprint density at radius 2 is 2.07 bits per heavy atom. The number of carbonyl (C=O) groups is 3. The smallest absolute Gasteiger partial charge is 0.287 e. The summed E-state index contributed by atoms with van der Waals surface area (Å²) in [6.07, 6.45) is 1.30. The number of nitriles is 1. The fraction of sp³-hybridized carbons (Fsp3) is 0.476. The molecule has 1 saturated heterocycles. The zero-order valence-electron chi connectivity index (χ0n) is 17.1. The van der Waals surface area contributed by atoms with E-state index in [1.165, 1.54) is 0 Å². The Bertz CT molecular complexity index is 944. The molecule has 1 aliphatic heterocycles. The van der Waals surface area contributed by atoms with Gasteiger partial charge in [0, 0.05) is 12.5 Å². The average Bonchev–Trinajstić information content (AvgIpc) is 3.32. The van der Waals surface area contributed by atoms with Crippen LogP contribution in [-0.2, 0) is 9.59 Å². The van der Waals surface area contributed by atoms with Crippen molar-refractivity contribution >= 4 is 28.8 Å². The van der Waals surface area contributed by atoms with Crippen molar-refractivity contribution in [2.24, 2.45) is 11.8 Å². The van der Waals surface area contributed by atoms with Crippen molar-refractivity contribution in [3.8, 4) is 6.07 Å². The van der Waals surface area contributed by atoms with E-state index < -0.39 is 23.9 Å². The zero-order chi connectivity index (χ0) is 21.7. The van der Waals surface area contributed by atoms with Crippen LogP contribution < -0.4 is 16.0 Å². The summed E-state index contributed by atoms with van der Waals surface area (Å²) in [5.41, 5.74) is 1.39. The van der Waals surface area contributed by atoms with Crippen LogP contribution in [0.25, 0.3) is 11.0 Å². The Balaban J connectivity index is 1.67. The number of nitrogens with zero attached hydrogens (tertiary/aromatic N) is 2. The maximum atomic E-state index is 12.8. The minimum atomic E-state index is -0.820. The number of hydrogen-bond donors (Lipinski definition) is 4. The minimum absolute atomic E-state index is 0.0959. The number of nitrogens with one attached hydrogen (secondary N) is 4. The lowest BCUT2D eigenvalue weighted by Crippen LogP contribution is -2.50. The third kappa shape index (κ3) is 5.14. The first-order valence-corrected chi connectivity index (χ1v) is 10.1. The number of amides is 3. The monoisotopic (exact) mass is 410 g/mol. The number of para-hydroxylation sites is 2. The fourth-order valence-electron chi connectivity index (χ4n) is 3.56. The van der Waals surface area contributed by atoms with Crippen molar-refractivity contribution in [1.82, 2.24) is 25.9 Å². The molecule has 3 rings (SSSR count). The maximum Gasteiger partial charge on any atom is 0.287 e. The van der Waals surface area contributed by atoms with Gasteiger partial charge in [-0.1, -0.05) is 26.0 Å². The van der Waals surface area contributed by atoms with Gasteiger partial charge in [0.05, 0.1) is 17.1 Å². The minimum Gasteiger partial charge on any atom is -0.356 e. The summed E-state index contributed by atoms with van der Waals surface area (Å²) in [7, 11) is 0. The van der Waals surface area contributed by atoms with Crippen LogP contribution in [0.4, 0.5) is 0 Å². The van der Waals surface area contributed by atoms with Gasteiger partial charge >= 0.3 is 0 Å². The van der Waals surface area contributed by atoms with Crippen molar-refractivity contribution < 1.29 is 14.4 Å². The predicted octanol–water partition coefficient (Wildman–Crippen LogP) is 1.24. The van der Waals surface area contributed by atoms with Gasteiger partial charge in [0.2, 0.25) is 11.8 Å². The first-order chi connectivity index (χ1) is 14.4. The highest BCUT2D eigenvalue weighted by Gasteiger charge is 2.30. The average molecular weight is 410 g/mol. The second kappa shape index (κ2) is 9.39. The molecule has 2 heterocycles. The topological polar surface area (TPSA) is 140 Å². The lowest BCUT2D eigenvalue weighted by Gasteiger charge is -2.22. The van der Waals surface area contributed by atoms with E-state index in [1.54, 1.807) is 6.07 Å². The van der Waals surface area contributed by atoms with Gasteiger partial charge in [-0.3, -0.25) is 14.4 Å². The van der Waals surface area contributed by atoms with E-state index in [-0.39, 0.29) is 30.0 Å². The van der Waals surface area contributed by atoms with Gasteiger partial charge < -0.3 is 20.9 Å². The van der Waals surface area contributed by atoms with Gasteiger partial charge in [-0.2, -0.15) is 5.26 Å². The van der Waals surface area contributed by atoms with Crippen LogP contribution in [0, 0.1) is 23.2 Å². The Hall–Kier alpha value is -3.41. The molecule has 1 aromatic heterocycles. The van der Waals surface area contributed by atoms with Crippen LogP contribution >= 0.6 is 0 Å². The number of hydrogen-bond acceptors (Lipinski definition) is 5. The van der Waals surface area contributed by atoms with Gasteiger partial charge in [-0.25, -0.2) is 4.98 Å². The molecular formula is C21H26N6O3. The SMILES string of the molecule is CC(C)CC(NC(=O)c1nc2ccccc2[nH]1)C(=O)NC(C#N)C[C@@H]1CCNC1=O. The number of fused-ring (bicyclic) bond motifs is 1. The van der Waals surface area contributed by atoms with E-state index >= 15 is 0 Å². The third-order valence-corrected chi connectivity index (χ3v) is 5.09. The third-order valence-electron chi connectivity index (χ3n) is 5.09. The Kier molecular flexibility index (Phi) is 6.67. The highest BCUT2D eigenvalue weighted by Crippen LogP contribution is 2.16. The van der Waals surface area contributed by atoms with Gasteiger partial charge in [-0.05, 0) is 37.3 Å². The molecule has 0 bridgehead atoms. The van der Waals surface area contributed by atoms with Gasteiger partial charge in [0.1, 0.15) is 12.1 Å². The van der Waals surface area contributed by atoms with Crippen LogP contribution in [0.3, 0.4) is 0 Å². The van der Waals surface area contributed by atoms with Crippen molar-refractivity contribution in [2.45, 2.75) is 45.2 Å². The molecule has 0 saturated carbocycles. The predicted molar refractivity (Wildman–Crippen MR) is 110 cm³/mol. The molecule has 0 spiro atoms. The standard InChI is InChI=1S/C21H26N6O3/c1-12(2)9-17(20(29)24-14(11-22)10-13-7-8-23-19(13)28)27-21(30)18-25-15-5-3-4-6-16(15)26-18/h3-6,12-14,17H,7-10H2,1-2H3,(H,23,28)(H,24,29)(H,25,26)(H,27,30)/t13-,14?,17?/m0/s1. The molecule has 1 aliphatic rings. The molecule has 9 heteroatoms. The maximum absolute atomic E-state index is 12.8. The van der Waals surface area contributed by atoms with Gasteiger partial charge in [0.25, 0.3) is 5.91 Å². The van der Waals surface area contributed by atoms with Gasteiger partial charge in [-0.15, -0.1) is 0 Å². The molecule has 3 amide bonds. The summed E-state index contributed by atoms with van der Waals surface area (Å²) in [6.45, 7) is 4.47. The summed E-state index contributed by atoms with van der Waals surface area (Å²) in [5, 5.41) is 17.6. The Labute approximate surface area is 174 Å². The Morgan fingerprint density at radius 3 is 2.70 bits per heavy atom. The molecule has 4 N–H and O–H groups in total. The van der Waals surface area contributed by atoms with Crippen LogP contribution in [0.5, 0.6) is 0 Å². The molecule has 0 radical (unpaired) electrons. The van der Waals surface area contributed by atoms with Crippen LogP contribution in [0.15, 0.2) is 24.3 Å². The summed E-state index contributed by atoms with van der Waals surface area (Å²) in [4.78, 5) is 44.5. The first-order valence-electron chi connectivity index (χ1n) is 10.1. The summed E-state index contributed by atoms with van der Waals surface area (Å²) >= 11 is 0. The van der Waals surface area contributed by atoms with E-state index in [0.29, 0.717) is 24.9 Å². The molecule has 2 aromatic rings. The first kappa shape index (κ1) is 21.3. The molecule has 1 fully saturated rings. The zero-order valence-corrected chi connectivity index (χ0v) is 17.1. The lowest BCUT2D eigenvalue weighted by molar-refractivity contribution is -0.125. The fourth-order valence-corrected chi connectivity index (χ4v) is 3.56. The number of H-pyrrole nitrogens is 1. The summed E-state index contributed by atoms with van der Waals surface area (Å²) in [5.74, 6) is -1.06. The van der Waals surface area contributed by atoms with Crippen molar-refractivity contribution in [3.63, 3.8) is 0 Å². The molecule has 1 aromatic carbocycles. The molecule has 30 heavy (non-hydrogen) atoms. The highest BCUT2D eigenvalue weighted by molar-refractivity contribution is 5.97. The van der Waals surface area contributed by atoms with Crippen LogP contribution in [-0.4, -0.2) is 46.3 Å². The normalized spacial score (nSPS) is 17.9. The number of benzene rings is 1. The summed E-state index contributed by atoms with van der Waals surface area (Å²) in [6, 6.07) is 7.69. The molecule has 9 nitrogen and oxygen atoms in total. The number of rotatable bonds is 8. The molecular weight excluding hydrogens is 384 g/mol. The largest absolute Gasteiger partial charge is 0.356 e. The van der Waals surface area contributed by atoms with E-state index in [4.69, 9.17) is 0 Å². The lowest BCUT2D eigenvalue weighted by atomic mass is 9.98. The molecule has 0 aliphatic carbocycles. The van der Waals surface area contributed by atoms with Crippen molar-refractivity contribution in [1.29, 1.82) is 5.26 Å².